The Balaban J connectivity index is 1.60. The van der Waals surface area contributed by atoms with Crippen LogP contribution in [-0.4, -0.2) is 24.0 Å². The van der Waals surface area contributed by atoms with Gasteiger partial charge in [-0.25, -0.2) is 9.78 Å². The molecule has 7 heteroatoms. The number of rotatable bonds is 5. The molecule has 2 heterocycles. The number of carbonyl (C=O) groups excluding carboxylic acids is 2. The summed E-state index contributed by atoms with van der Waals surface area (Å²) in [5, 5.41) is 4.74. The van der Waals surface area contributed by atoms with Gasteiger partial charge in [-0.05, 0) is 35.7 Å². The van der Waals surface area contributed by atoms with Gasteiger partial charge in [0.15, 0.2) is 0 Å². The van der Waals surface area contributed by atoms with Crippen molar-refractivity contribution >= 4 is 34.6 Å². The molecule has 0 bridgehead atoms. The molecule has 0 N–H and O–H groups in total. The number of carbonyl (C=O) groups is 2. The number of thiazole rings is 1. The first-order chi connectivity index (χ1) is 11.7. The van der Waals surface area contributed by atoms with Crippen LogP contribution in [0, 0.1) is 0 Å². The molecule has 0 atom stereocenters. The third-order valence-corrected chi connectivity index (χ3v) is 5.05. The Morgan fingerprint density at radius 3 is 2.58 bits per heavy atom. The summed E-state index contributed by atoms with van der Waals surface area (Å²) in [6, 6.07) is 10.2. The van der Waals surface area contributed by atoms with E-state index in [4.69, 9.17) is 4.74 Å². The Hall–Kier alpha value is -2.51. The lowest BCUT2D eigenvalue weighted by molar-refractivity contribution is -0.133. The molecule has 122 valence electrons. The van der Waals surface area contributed by atoms with E-state index in [1.165, 1.54) is 18.4 Å². The zero-order chi connectivity index (χ0) is 16.9. The monoisotopic (exact) mass is 359 g/mol. The third kappa shape index (κ3) is 3.87. The SMILES string of the molecule is COC(=O)c1ccc(OC(=O)Cc2csc(-c3cccs3)n2)cc1. The van der Waals surface area contributed by atoms with Crippen molar-refractivity contribution in [3.63, 3.8) is 0 Å². The second-order valence-electron chi connectivity index (χ2n) is 4.79. The number of benzene rings is 1. The Kier molecular flexibility index (Phi) is 5.02. The van der Waals surface area contributed by atoms with Crippen molar-refractivity contribution in [1.29, 1.82) is 0 Å². The number of methoxy groups -OCH3 is 1. The first-order valence-electron chi connectivity index (χ1n) is 7.03. The van der Waals surface area contributed by atoms with Crippen molar-refractivity contribution in [2.24, 2.45) is 0 Å². The summed E-state index contributed by atoms with van der Waals surface area (Å²) in [4.78, 5) is 28.9. The van der Waals surface area contributed by atoms with Crippen molar-refractivity contribution in [1.82, 2.24) is 4.98 Å². The van der Waals surface area contributed by atoms with Crippen molar-refractivity contribution in [2.45, 2.75) is 6.42 Å². The van der Waals surface area contributed by atoms with Gasteiger partial charge in [0, 0.05) is 5.38 Å². The molecule has 0 spiro atoms. The van der Waals surface area contributed by atoms with Crippen LogP contribution in [-0.2, 0) is 16.0 Å². The molecule has 0 radical (unpaired) electrons. The minimum absolute atomic E-state index is 0.0978. The first-order valence-corrected chi connectivity index (χ1v) is 8.79. The second-order valence-corrected chi connectivity index (χ2v) is 6.59. The number of hydrogen-bond donors (Lipinski definition) is 0. The van der Waals surface area contributed by atoms with E-state index in [-0.39, 0.29) is 6.42 Å². The normalized spacial score (nSPS) is 10.4. The zero-order valence-electron chi connectivity index (χ0n) is 12.7. The maximum Gasteiger partial charge on any atom is 0.337 e. The largest absolute Gasteiger partial charge is 0.465 e. The topological polar surface area (TPSA) is 65.5 Å². The molecular weight excluding hydrogens is 346 g/mol. The highest BCUT2D eigenvalue weighted by Gasteiger charge is 2.12. The van der Waals surface area contributed by atoms with Crippen LogP contribution >= 0.6 is 22.7 Å². The molecule has 0 aliphatic carbocycles. The molecule has 0 saturated heterocycles. The van der Waals surface area contributed by atoms with Crippen LogP contribution in [0.25, 0.3) is 9.88 Å². The van der Waals surface area contributed by atoms with E-state index >= 15 is 0 Å². The lowest BCUT2D eigenvalue weighted by atomic mass is 10.2. The molecule has 5 nitrogen and oxygen atoms in total. The molecule has 2 aromatic heterocycles. The van der Waals surface area contributed by atoms with Gasteiger partial charge in [0.1, 0.15) is 10.8 Å². The number of thiophene rings is 1. The Labute approximate surface area is 146 Å². The van der Waals surface area contributed by atoms with E-state index in [9.17, 15) is 9.59 Å². The molecule has 3 aromatic rings. The average Bonchev–Trinajstić information content (AvgIpc) is 3.26. The van der Waals surface area contributed by atoms with E-state index in [0.29, 0.717) is 17.0 Å². The van der Waals surface area contributed by atoms with Gasteiger partial charge in [-0.2, -0.15) is 0 Å². The molecular formula is C17H13NO4S2. The van der Waals surface area contributed by atoms with E-state index in [0.717, 1.165) is 9.88 Å². The van der Waals surface area contributed by atoms with E-state index in [1.807, 2.05) is 22.9 Å². The van der Waals surface area contributed by atoms with Crippen molar-refractivity contribution < 1.29 is 19.1 Å². The van der Waals surface area contributed by atoms with Crippen molar-refractivity contribution in [3.8, 4) is 15.6 Å². The maximum atomic E-state index is 12.0. The molecule has 0 aliphatic heterocycles. The number of nitrogens with zero attached hydrogens (tertiary/aromatic N) is 1. The van der Waals surface area contributed by atoms with Gasteiger partial charge in [-0.15, -0.1) is 22.7 Å². The van der Waals surface area contributed by atoms with Crippen LogP contribution in [0.5, 0.6) is 5.75 Å². The summed E-state index contributed by atoms with van der Waals surface area (Å²) >= 11 is 3.11. The summed E-state index contributed by atoms with van der Waals surface area (Å²) in [5.74, 6) is -0.457. The van der Waals surface area contributed by atoms with Gasteiger partial charge in [-0.1, -0.05) is 6.07 Å². The summed E-state index contributed by atoms with van der Waals surface area (Å²) in [5.41, 5.74) is 1.08. The van der Waals surface area contributed by atoms with Crippen molar-refractivity contribution in [2.75, 3.05) is 7.11 Å². The molecule has 24 heavy (non-hydrogen) atoms. The van der Waals surface area contributed by atoms with Gasteiger partial charge in [0.2, 0.25) is 0 Å². The molecule has 0 saturated carbocycles. The van der Waals surface area contributed by atoms with Gasteiger partial charge in [0.25, 0.3) is 0 Å². The van der Waals surface area contributed by atoms with E-state index in [2.05, 4.69) is 9.72 Å². The molecule has 3 rings (SSSR count). The van der Waals surface area contributed by atoms with Gasteiger partial charge >= 0.3 is 11.9 Å². The fourth-order valence-electron chi connectivity index (χ4n) is 1.99. The Morgan fingerprint density at radius 2 is 1.92 bits per heavy atom. The summed E-state index contributed by atoms with van der Waals surface area (Å²) in [7, 11) is 1.31. The fraction of sp³-hybridized carbons (Fsp3) is 0.118. The van der Waals surface area contributed by atoms with E-state index in [1.54, 1.807) is 35.6 Å². The summed E-state index contributed by atoms with van der Waals surface area (Å²) in [6.07, 6.45) is 0.0978. The minimum atomic E-state index is -0.434. The third-order valence-electron chi connectivity index (χ3n) is 3.12. The number of hydrogen-bond acceptors (Lipinski definition) is 7. The predicted molar refractivity (Wildman–Crippen MR) is 92.5 cm³/mol. The first kappa shape index (κ1) is 16.4. The molecule has 0 aliphatic rings. The molecule has 1 aromatic carbocycles. The highest BCUT2D eigenvalue weighted by molar-refractivity contribution is 7.20. The maximum absolute atomic E-state index is 12.0. The summed E-state index contributed by atoms with van der Waals surface area (Å²) in [6.45, 7) is 0. The van der Waals surface area contributed by atoms with Crippen LogP contribution in [0.1, 0.15) is 16.1 Å². The Bertz CT molecular complexity index is 838. The molecule has 0 fully saturated rings. The van der Waals surface area contributed by atoms with Gasteiger partial charge in [-0.3, -0.25) is 4.79 Å². The zero-order valence-corrected chi connectivity index (χ0v) is 14.4. The average molecular weight is 359 g/mol. The second kappa shape index (κ2) is 7.37. The van der Waals surface area contributed by atoms with Crippen LogP contribution in [0.4, 0.5) is 0 Å². The minimum Gasteiger partial charge on any atom is -0.465 e. The van der Waals surface area contributed by atoms with Crippen molar-refractivity contribution in [3.05, 3.63) is 58.4 Å². The van der Waals surface area contributed by atoms with Gasteiger partial charge < -0.3 is 9.47 Å². The van der Waals surface area contributed by atoms with Crippen LogP contribution in [0.2, 0.25) is 0 Å². The van der Waals surface area contributed by atoms with Crippen LogP contribution < -0.4 is 4.74 Å². The molecule has 0 unspecified atom stereocenters. The van der Waals surface area contributed by atoms with Crippen LogP contribution in [0.3, 0.4) is 0 Å². The number of esters is 2. The standard InChI is InChI=1S/C17H13NO4S2/c1-21-17(20)11-4-6-13(7-5-11)22-15(19)9-12-10-24-16(18-12)14-3-2-8-23-14/h2-8,10H,9H2,1H3. The van der Waals surface area contributed by atoms with Gasteiger partial charge in [0.05, 0.1) is 29.7 Å². The predicted octanol–water partition coefficient (Wildman–Crippen LogP) is 3.81. The highest BCUT2D eigenvalue weighted by atomic mass is 32.1. The fourth-order valence-corrected chi connectivity index (χ4v) is 3.63. The van der Waals surface area contributed by atoms with Crippen LogP contribution in [0.15, 0.2) is 47.2 Å². The smallest absolute Gasteiger partial charge is 0.337 e. The quantitative estimate of drug-likeness (QED) is 0.512. The van der Waals surface area contributed by atoms with E-state index < -0.39 is 11.9 Å². The number of aromatic nitrogens is 1. The Morgan fingerprint density at radius 1 is 1.12 bits per heavy atom. The molecule has 0 amide bonds. The highest BCUT2D eigenvalue weighted by Crippen LogP contribution is 2.28. The number of ether oxygens (including phenoxy) is 2. The lowest BCUT2D eigenvalue weighted by Gasteiger charge is -2.04. The lowest BCUT2D eigenvalue weighted by Crippen LogP contribution is -2.11. The summed E-state index contributed by atoms with van der Waals surface area (Å²) < 4.78 is 9.88.